The van der Waals surface area contributed by atoms with Gasteiger partial charge in [0, 0.05) is 24.4 Å². The number of methoxy groups -OCH3 is 1. The van der Waals surface area contributed by atoms with E-state index in [9.17, 15) is 13.6 Å². The van der Waals surface area contributed by atoms with E-state index in [1.54, 1.807) is 12.1 Å². The molecule has 0 aliphatic heterocycles. The molecule has 5 rings (SSSR count). The summed E-state index contributed by atoms with van der Waals surface area (Å²) in [4.78, 5) is 20.6. The third-order valence-corrected chi connectivity index (χ3v) is 5.96. The number of nitrogens with one attached hydrogen (secondary N) is 1. The summed E-state index contributed by atoms with van der Waals surface area (Å²) in [6.45, 7) is 2.54. The number of rotatable bonds is 6. The first kappa shape index (κ1) is 21.7. The molecule has 1 N–H and O–H groups in total. The van der Waals surface area contributed by atoms with Crippen molar-refractivity contribution in [3.8, 4) is 11.3 Å². The van der Waals surface area contributed by atoms with Gasteiger partial charge in [-0.25, -0.2) is 18.6 Å². The van der Waals surface area contributed by atoms with Gasteiger partial charge in [0.1, 0.15) is 23.0 Å². The highest BCUT2D eigenvalue weighted by Gasteiger charge is 2.22. The maximum atomic E-state index is 14.2. The number of nitrogens with zero attached hydrogens (tertiary/aromatic N) is 4. The molecule has 4 aromatic rings. The maximum absolute atomic E-state index is 14.2. The summed E-state index contributed by atoms with van der Waals surface area (Å²) in [6, 6.07) is 8.20. The van der Waals surface area contributed by atoms with Gasteiger partial charge < -0.3 is 10.1 Å². The first-order valence-corrected chi connectivity index (χ1v) is 10.7. The minimum Gasteiger partial charge on any atom is -0.465 e. The number of fused-ring (bicyclic) bond motifs is 2. The predicted octanol–water partition coefficient (Wildman–Crippen LogP) is 4.69. The molecule has 0 radical (unpaired) electrons. The average molecular weight is 461 g/mol. The summed E-state index contributed by atoms with van der Waals surface area (Å²) in [7, 11) is 1.28. The fourth-order valence-electron chi connectivity index (χ4n) is 4.33. The molecule has 1 aromatic carbocycles. The molecule has 3 aromatic heterocycles. The van der Waals surface area contributed by atoms with Crippen molar-refractivity contribution < 1.29 is 18.3 Å². The quantitative estimate of drug-likeness (QED) is 0.420. The lowest BCUT2D eigenvalue weighted by molar-refractivity contribution is 0.0602. The van der Waals surface area contributed by atoms with Gasteiger partial charge in [0.2, 0.25) is 0 Å². The van der Waals surface area contributed by atoms with Crippen LogP contribution in [0.3, 0.4) is 0 Å². The first-order chi connectivity index (χ1) is 16.5. The van der Waals surface area contributed by atoms with Crippen LogP contribution in [0.5, 0.6) is 0 Å². The topological polar surface area (TPSA) is 81.4 Å². The zero-order valence-electron chi connectivity index (χ0n) is 18.6. The highest BCUT2D eigenvalue weighted by atomic mass is 19.1. The van der Waals surface area contributed by atoms with E-state index in [0.717, 1.165) is 28.5 Å². The number of allylic oxidation sites excluding steroid dienone is 1. The average Bonchev–Trinajstić information content (AvgIpc) is 3.40. The summed E-state index contributed by atoms with van der Waals surface area (Å²) in [5.41, 5.74) is 5.28. The van der Waals surface area contributed by atoms with Gasteiger partial charge in [-0.1, -0.05) is 17.7 Å². The highest BCUT2D eigenvalue weighted by Crippen LogP contribution is 2.36. The molecule has 0 spiro atoms. The van der Waals surface area contributed by atoms with Crippen molar-refractivity contribution in [2.75, 3.05) is 19.0 Å². The number of esters is 1. The SMILES string of the molecule is COC(=O)c1cnn2c(NCCC3=C(C)Cc4c(F)cccc43)cc(-c3cncc(F)c3)nc12. The Morgan fingerprint density at radius 1 is 1.21 bits per heavy atom. The van der Waals surface area contributed by atoms with Gasteiger partial charge in [-0.3, -0.25) is 4.98 Å². The van der Waals surface area contributed by atoms with Crippen LogP contribution in [-0.4, -0.2) is 39.2 Å². The van der Waals surface area contributed by atoms with Gasteiger partial charge in [-0.05, 0) is 48.6 Å². The Labute approximate surface area is 194 Å². The monoisotopic (exact) mass is 461 g/mol. The Morgan fingerprint density at radius 2 is 2.06 bits per heavy atom. The van der Waals surface area contributed by atoms with Crippen LogP contribution in [-0.2, 0) is 11.2 Å². The molecule has 34 heavy (non-hydrogen) atoms. The third kappa shape index (κ3) is 3.79. The van der Waals surface area contributed by atoms with Crippen LogP contribution in [0.1, 0.15) is 34.8 Å². The largest absolute Gasteiger partial charge is 0.465 e. The third-order valence-electron chi connectivity index (χ3n) is 5.96. The molecule has 0 unspecified atom stereocenters. The highest BCUT2D eigenvalue weighted by molar-refractivity contribution is 5.96. The lowest BCUT2D eigenvalue weighted by Gasteiger charge is -2.13. The van der Waals surface area contributed by atoms with Gasteiger partial charge in [0.25, 0.3) is 0 Å². The molecule has 0 saturated heterocycles. The molecular formula is C25H21F2N5O2. The van der Waals surface area contributed by atoms with Gasteiger partial charge in [0.15, 0.2) is 5.65 Å². The molecule has 0 bridgehead atoms. The molecule has 1 aliphatic rings. The van der Waals surface area contributed by atoms with Crippen LogP contribution in [0.2, 0.25) is 0 Å². The predicted molar refractivity (Wildman–Crippen MR) is 123 cm³/mol. The fraction of sp³-hybridized carbons (Fsp3) is 0.200. The van der Waals surface area contributed by atoms with Crippen molar-refractivity contribution in [1.29, 1.82) is 0 Å². The lowest BCUT2D eigenvalue weighted by atomic mass is 10.0. The zero-order chi connectivity index (χ0) is 23.8. The molecule has 172 valence electrons. The van der Waals surface area contributed by atoms with Crippen LogP contribution < -0.4 is 5.32 Å². The number of ether oxygens (including phenoxy) is 1. The zero-order valence-corrected chi connectivity index (χ0v) is 18.6. The Bertz CT molecular complexity index is 1460. The number of pyridine rings is 1. The summed E-state index contributed by atoms with van der Waals surface area (Å²) < 4.78 is 34.4. The molecule has 0 fully saturated rings. The Balaban J connectivity index is 1.48. The standard InChI is InChI=1S/C25H21F2N5O2/c1-14-8-19-18(4-3-5-21(19)27)17(14)6-7-29-23-10-22(15-9-16(26)12-28-11-15)31-24-20(25(33)34-2)13-30-32(23)24/h3-5,9-13,29H,6-8H2,1-2H3. The van der Waals surface area contributed by atoms with Crippen LogP contribution in [0.15, 0.2) is 54.5 Å². The van der Waals surface area contributed by atoms with Crippen LogP contribution in [0, 0.1) is 11.6 Å². The van der Waals surface area contributed by atoms with Crippen molar-refractivity contribution in [2.24, 2.45) is 0 Å². The summed E-state index contributed by atoms with van der Waals surface area (Å²) >= 11 is 0. The fourth-order valence-corrected chi connectivity index (χ4v) is 4.33. The number of hydrogen-bond acceptors (Lipinski definition) is 6. The number of anilines is 1. The molecular weight excluding hydrogens is 440 g/mol. The van der Waals surface area contributed by atoms with Crippen molar-refractivity contribution in [3.05, 3.63) is 82.8 Å². The Morgan fingerprint density at radius 3 is 2.85 bits per heavy atom. The number of carbonyl (C=O) groups is 1. The van der Waals surface area contributed by atoms with E-state index < -0.39 is 11.8 Å². The van der Waals surface area contributed by atoms with E-state index in [-0.39, 0.29) is 17.0 Å². The Kier molecular flexibility index (Phi) is 5.53. The van der Waals surface area contributed by atoms with Gasteiger partial charge in [0.05, 0.1) is 25.2 Å². The van der Waals surface area contributed by atoms with Crippen LogP contribution in [0.25, 0.3) is 22.5 Å². The van der Waals surface area contributed by atoms with E-state index in [0.29, 0.717) is 36.5 Å². The molecule has 0 saturated carbocycles. The van der Waals surface area contributed by atoms with Crippen LogP contribution >= 0.6 is 0 Å². The maximum Gasteiger partial charge on any atom is 0.343 e. The molecule has 0 atom stereocenters. The number of benzene rings is 1. The molecule has 0 amide bonds. The number of carbonyl (C=O) groups excluding carboxylic acids is 1. The second kappa shape index (κ2) is 8.66. The van der Waals surface area contributed by atoms with Crippen molar-refractivity contribution in [1.82, 2.24) is 19.6 Å². The van der Waals surface area contributed by atoms with Gasteiger partial charge in [-0.15, -0.1) is 0 Å². The van der Waals surface area contributed by atoms with E-state index in [1.165, 1.54) is 36.2 Å². The Hall–Kier alpha value is -4.14. The molecule has 7 nitrogen and oxygen atoms in total. The summed E-state index contributed by atoms with van der Waals surface area (Å²) in [5.74, 6) is -0.690. The van der Waals surface area contributed by atoms with E-state index >= 15 is 0 Å². The van der Waals surface area contributed by atoms with Crippen molar-refractivity contribution in [2.45, 2.75) is 19.8 Å². The summed E-state index contributed by atoms with van der Waals surface area (Å²) in [5, 5.41) is 7.63. The van der Waals surface area contributed by atoms with Gasteiger partial charge >= 0.3 is 5.97 Å². The number of aromatic nitrogens is 4. The first-order valence-electron chi connectivity index (χ1n) is 10.7. The second-order valence-electron chi connectivity index (χ2n) is 8.08. The minimum absolute atomic E-state index is 0.184. The molecule has 1 aliphatic carbocycles. The van der Waals surface area contributed by atoms with Crippen molar-refractivity contribution in [3.63, 3.8) is 0 Å². The summed E-state index contributed by atoms with van der Waals surface area (Å²) in [6.07, 6.45) is 5.26. The van der Waals surface area contributed by atoms with E-state index in [2.05, 4.69) is 20.4 Å². The second-order valence-corrected chi connectivity index (χ2v) is 8.08. The number of hydrogen-bond donors (Lipinski definition) is 1. The lowest BCUT2D eigenvalue weighted by Crippen LogP contribution is -2.10. The molecule has 3 heterocycles. The normalized spacial score (nSPS) is 12.8. The van der Waals surface area contributed by atoms with E-state index in [1.807, 2.05) is 13.0 Å². The van der Waals surface area contributed by atoms with Gasteiger partial charge in [-0.2, -0.15) is 9.61 Å². The molecule has 9 heteroatoms. The minimum atomic E-state index is -0.576. The van der Waals surface area contributed by atoms with Crippen molar-refractivity contribution >= 4 is 23.0 Å². The number of halogens is 2. The van der Waals surface area contributed by atoms with E-state index in [4.69, 9.17) is 4.74 Å². The smallest absolute Gasteiger partial charge is 0.343 e. The van der Waals surface area contributed by atoms with Crippen LogP contribution in [0.4, 0.5) is 14.6 Å².